The van der Waals surface area contributed by atoms with Gasteiger partial charge in [-0.1, -0.05) is 26.2 Å². The van der Waals surface area contributed by atoms with Crippen molar-refractivity contribution in [3.63, 3.8) is 0 Å². The Labute approximate surface area is 124 Å². The maximum absolute atomic E-state index is 9.84. The Bertz CT molecular complexity index is 266. The van der Waals surface area contributed by atoms with Crippen LogP contribution in [0.5, 0.6) is 0 Å². The molecule has 2 atom stereocenters. The molecule has 0 saturated heterocycles. The van der Waals surface area contributed by atoms with Crippen molar-refractivity contribution in [2.75, 3.05) is 26.4 Å². The average molecular weight is 283 g/mol. The Kier molecular flexibility index (Phi) is 6.79. The highest BCUT2D eigenvalue weighted by Gasteiger charge is 2.41. The quantitative estimate of drug-likeness (QED) is 0.639. The van der Waals surface area contributed by atoms with E-state index in [-0.39, 0.29) is 12.1 Å². The van der Waals surface area contributed by atoms with Crippen molar-refractivity contribution in [1.29, 1.82) is 0 Å². The zero-order valence-corrected chi connectivity index (χ0v) is 13.2. The lowest BCUT2D eigenvalue weighted by atomic mass is 9.85. The van der Waals surface area contributed by atoms with E-state index in [9.17, 15) is 5.11 Å². The summed E-state index contributed by atoms with van der Waals surface area (Å²) in [5.74, 6) is 1.40. The van der Waals surface area contributed by atoms with Gasteiger partial charge in [0, 0.05) is 18.8 Å². The standard InChI is InChI=1S/C17H33NO2/c1-2-11-18-17(14-19)10-5-8-16(17)9-12-20-13-15-6-3-4-7-15/h15-16,18-19H,2-14H2,1H3. The number of aliphatic hydroxyl groups is 1. The average Bonchev–Trinajstić information content (AvgIpc) is 3.11. The maximum Gasteiger partial charge on any atom is 0.0616 e. The molecule has 3 nitrogen and oxygen atoms in total. The molecule has 2 aliphatic rings. The smallest absolute Gasteiger partial charge is 0.0616 e. The first-order valence-corrected chi connectivity index (χ1v) is 8.74. The number of hydrogen-bond donors (Lipinski definition) is 2. The van der Waals surface area contributed by atoms with E-state index >= 15 is 0 Å². The summed E-state index contributed by atoms with van der Waals surface area (Å²) in [5, 5.41) is 13.5. The molecule has 2 fully saturated rings. The number of nitrogens with one attached hydrogen (secondary N) is 1. The predicted molar refractivity (Wildman–Crippen MR) is 82.8 cm³/mol. The second-order valence-corrected chi connectivity index (χ2v) is 6.84. The summed E-state index contributed by atoms with van der Waals surface area (Å²) in [6.07, 6.45) is 11.3. The minimum absolute atomic E-state index is 0.0211. The molecule has 2 saturated carbocycles. The second-order valence-electron chi connectivity index (χ2n) is 6.84. The number of rotatable bonds is 9. The molecule has 20 heavy (non-hydrogen) atoms. The van der Waals surface area contributed by atoms with Crippen molar-refractivity contribution in [1.82, 2.24) is 5.32 Å². The molecule has 2 aliphatic carbocycles. The van der Waals surface area contributed by atoms with E-state index in [0.717, 1.165) is 44.9 Å². The lowest BCUT2D eigenvalue weighted by molar-refractivity contribution is 0.0643. The fourth-order valence-corrected chi connectivity index (χ4v) is 4.09. The summed E-state index contributed by atoms with van der Waals surface area (Å²) in [6.45, 7) is 5.31. The van der Waals surface area contributed by atoms with E-state index < -0.39 is 0 Å². The van der Waals surface area contributed by atoms with Gasteiger partial charge in [-0.25, -0.2) is 0 Å². The highest BCUT2D eigenvalue weighted by atomic mass is 16.5. The number of ether oxygens (including phenoxy) is 1. The first kappa shape index (κ1) is 16.3. The van der Waals surface area contributed by atoms with Crippen LogP contribution in [-0.2, 0) is 4.74 Å². The molecule has 2 rings (SSSR count). The number of aliphatic hydroxyl groups excluding tert-OH is 1. The monoisotopic (exact) mass is 283 g/mol. The third-order valence-corrected chi connectivity index (χ3v) is 5.41. The minimum Gasteiger partial charge on any atom is -0.394 e. The van der Waals surface area contributed by atoms with Gasteiger partial charge in [-0.05, 0) is 56.9 Å². The van der Waals surface area contributed by atoms with E-state index in [0.29, 0.717) is 5.92 Å². The third kappa shape index (κ3) is 4.19. The zero-order chi connectivity index (χ0) is 14.3. The molecule has 0 aromatic rings. The van der Waals surface area contributed by atoms with Crippen LogP contribution in [-0.4, -0.2) is 37.0 Å². The van der Waals surface area contributed by atoms with Gasteiger partial charge < -0.3 is 15.2 Å². The molecule has 0 spiro atoms. The van der Waals surface area contributed by atoms with Crippen LogP contribution in [0.1, 0.15) is 64.7 Å². The largest absolute Gasteiger partial charge is 0.394 e. The fraction of sp³-hybridized carbons (Fsp3) is 1.00. The molecule has 0 amide bonds. The maximum atomic E-state index is 9.84. The highest BCUT2D eigenvalue weighted by molar-refractivity contribution is 4.98. The second kappa shape index (κ2) is 8.35. The van der Waals surface area contributed by atoms with E-state index in [1.54, 1.807) is 0 Å². The number of hydrogen-bond acceptors (Lipinski definition) is 3. The molecular weight excluding hydrogens is 250 g/mol. The van der Waals surface area contributed by atoms with Crippen molar-refractivity contribution < 1.29 is 9.84 Å². The molecule has 118 valence electrons. The fourth-order valence-electron chi connectivity index (χ4n) is 4.09. The molecule has 0 aliphatic heterocycles. The molecular formula is C17H33NO2. The molecule has 3 heteroatoms. The Hall–Kier alpha value is -0.120. The summed E-state index contributed by atoms with van der Waals surface area (Å²) in [6, 6.07) is 0. The van der Waals surface area contributed by atoms with Gasteiger partial charge in [0.2, 0.25) is 0 Å². The third-order valence-electron chi connectivity index (χ3n) is 5.41. The molecule has 0 aromatic carbocycles. The van der Waals surface area contributed by atoms with E-state index in [2.05, 4.69) is 12.2 Å². The van der Waals surface area contributed by atoms with Crippen LogP contribution in [0.2, 0.25) is 0 Å². The van der Waals surface area contributed by atoms with Crippen LogP contribution in [0.25, 0.3) is 0 Å². The molecule has 0 bridgehead atoms. The van der Waals surface area contributed by atoms with Crippen molar-refractivity contribution >= 4 is 0 Å². The first-order valence-electron chi connectivity index (χ1n) is 8.74. The predicted octanol–water partition coefficient (Wildman–Crippen LogP) is 3.11. The molecule has 2 N–H and O–H groups in total. The topological polar surface area (TPSA) is 41.5 Å². The molecule has 0 radical (unpaired) electrons. The van der Waals surface area contributed by atoms with Crippen molar-refractivity contribution in [2.24, 2.45) is 11.8 Å². The van der Waals surface area contributed by atoms with Crippen molar-refractivity contribution in [3.05, 3.63) is 0 Å². The van der Waals surface area contributed by atoms with Crippen LogP contribution in [0.15, 0.2) is 0 Å². The summed E-state index contributed by atoms with van der Waals surface area (Å²) in [4.78, 5) is 0. The molecule has 0 aromatic heterocycles. The van der Waals surface area contributed by atoms with Crippen LogP contribution in [0.3, 0.4) is 0 Å². The van der Waals surface area contributed by atoms with Gasteiger partial charge in [0.15, 0.2) is 0 Å². The van der Waals surface area contributed by atoms with Gasteiger partial charge in [-0.2, -0.15) is 0 Å². The Balaban J connectivity index is 1.69. The summed E-state index contributed by atoms with van der Waals surface area (Å²) in [7, 11) is 0. The SMILES string of the molecule is CCCNC1(CO)CCCC1CCOCC1CCCC1. The lowest BCUT2D eigenvalue weighted by Crippen LogP contribution is -2.51. The Morgan fingerprint density at radius 1 is 1.20 bits per heavy atom. The summed E-state index contributed by atoms with van der Waals surface area (Å²) in [5.41, 5.74) is -0.0211. The van der Waals surface area contributed by atoms with Gasteiger partial charge in [0.1, 0.15) is 0 Å². The van der Waals surface area contributed by atoms with Gasteiger partial charge in [0.25, 0.3) is 0 Å². The van der Waals surface area contributed by atoms with Gasteiger partial charge >= 0.3 is 0 Å². The van der Waals surface area contributed by atoms with Crippen molar-refractivity contribution in [3.8, 4) is 0 Å². The minimum atomic E-state index is -0.0211. The molecule has 0 heterocycles. The van der Waals surface area contributed by atoms with Crippen LogP contribution >= 0.6 is 0 Å². The van der Waals surface area contributed by atoms with E-state index in [1.165, 1.54) is 38.5 Å². The van der Waals surface area contributed by atoms with Gasteiger partial charge in [-0.3, -0.25) is 0 Å². The van der Waals surface area contributed by atoms with Crippen molar-refractivity contribution in [2.45, 2.75) is 70.3 Å². The Morgan fingerprint density at radius 2 is 2.00 bits per heavy atom. The van der Waals surface area contributed by atoms with Crippen LogP contribution < -0.4 is 5.32 Å². The Morgan fingerprint density at radius 3 is 2.70 bits per heavy atom. The van der Waals surface area contributed by atoms with Gasteiger partial charge in [-0.15, -0.1) is 0 Å². The highest BCUT2D eigenvalue weighted by Crippen LogP contribution is 2.37. The summed E-state index contributed by atoms with van der Waals surface area (Å²) < 4.78 is 5.91. The molecule has 2 unspecified atom stereocenters. The normalized spacial score (nSPS) is 31.2. The lowest BCUT2D eigenvalue weighted by Gasteiger charge is -2.35. The van der Waals surface area contributed by atoms with Crippen LogP contribution in [0, 0.1) is 11.8 Å². The van der Waals surface area contributed by atoms with E-state index in [1.807, 2.05) is 0 Å². The first-order chi connectivity index (χ1) is 9.80. The zero-order valence-electron chi connectivity index (χ0n) is 13.2. The van der Waals surface area contributed by atoms with Crippen LogP contribution in [0.4, 0.5) is 0 Å². The summed E-state index contributed by atoms with van der Waals surface area (Å²) >= 11 is 0. The van der Waals surface area contributed by atoms with Gasteiger partial charge in [0.05, 0.1) is 6.61 Å². The van der Waals surface area contributed by atoms with E-state index in [4.69, 9.17) is 4.74 Å².